The summed E-state index contributed by atoms with van der Waals surface area (Å²) in [4.78, 5) is 17.7. The van der Waals surface area contributed by atoms with E-state index in [1.165, 1.54) is 4.90 Å². The van der Waals surface area contributed by atoms with Crippen molar-refractivity contribution in [3.63, 3.8) is 0 Å². The van der Waals surface area contributed by atoms with Crippen molar-refractivity contribution in [2.75, 3.05) is 18.8 Å². The molecule has 3 aromatic carbocycles. The fraction of sp³-hybridized carbons (Fsp3) is 0.219. The number of benzene rings is 3. The summed E-state index contributed by atoms with van der Waals surface area (Å²) in [6.45, 7) is 1.43. The van der Waals surface area contributed by atoms with Gasteiger partial charge in [-0.1, -0.05) is 66.7 Å². The first-order chi connectivity index (χ1) is 19.5. The van der Waals surface area contributed by atoms with Crippen molar-refractivity contribution >= 4 is 11.9 Å². The molecule has 8 heteroatoms. The minimum Gasteiger partial charge on any atom is -0.488 e. The van der Waals surface area contributed by atoms with Crippen LogP contribution in [0.2, 0.25) is 0 Å². The van der Waals surface area contributed by atoms with Crippen molar-refractivity contribution in [2.45, 2.75) is 32.0 Å². The topological polar surface area (TPSA) is 122 Å². The van der Waals surface area contributed by atoms with Crippen LogP contribution in [0.4, 0.5) is 10.6 Å². The highest BCUT2D eigenvalue weighted by atomic mass is 16.5. The van der Waals surface area contributed by atoms with Crippen LogP contribution in [0.25, 0.3) is 11.3 Å². The van der Waals surface area contributed by atoms with Gasteiger partial charge in [0.2, 0.25) is 0 Å². The Hall–Kier alpha value is -5.03. The first-order valence-corrected chi connectivity index (χ1v) is 13.2. The van der Waals surface area contributed by atoms with E-state index in [2.05, 4.69) is 11.1 Å². The van der Waals surface area contributed by atoms with Gasteiger partial charge >= 0.3 is 6.09 Å². The average molecular weight is 535 g/mol. The molecule has 1 fully saturated rings. The Morgan fingerprint density at radius 3 is 2.12 bits per heavy atom. The third-order valence-electron chi connectivity index (χ3n) is 7.04. The van der Waals surface area contributed by atoms with Crippen LogP contribution in [0.5, 0.6) is 11.5 Å². The number of aromatic nitrogens is 1. The van der Waals surface area contributed by atoms with Gasteiger partial charge in [-0.2, -0.15) is 5.26 Å². The zero-order chi connectivity index (χ0) is 27.9. The number of carbonyl (C=O) groups is 1. The molecule has 1 unspecified atom stereocenters. The fourth-order valence-corrected chi connectivity index (χ4v) is 5.04. The molecule has 1 saturated heterocycles. The largest absolute Gasteiger partial charge is 0.488 e. The standard InChI is InChI=1S/C32H30N4O4/c33-18-26-25(24-13-8-16-36(19-24)32(37)38)17-27(35-31(26)34)30-28(39-20-22-9-3-1-4-10-22)14-7-15-29(30)40-21-23-11-5-2-6-12-23/h1-7,9-12,14-15,17,24H,8,13,16,19-21H2,(H2,34,35)(H,37,38). The highest BCUT2D eigenvalue weighted by Crippen LogP contribution is 2.41. The molecule has 4 aromatic rings. The van der Waals surface area contributed by atoms with Crippen LogP contribution in [0, 0.1) is 11.3 Å². The predicted octanol–water partition coefficient (Wildman–Crippen LogP) is 6.22. The third-order valence-corrected chi connectivity index (χ3v) is 7.04. The number of pyridine rings is 1. The summed E-state index contributed by atoms with van der Waals surface area (Å²) >= 11 is 0. The molecular weight excluding hydrogens is 504 g/mol. The Labute approximate surface area is 233 Å². The molecule has 8 nitrogen and oxygen atoms in total. The maximum absolute atomic E-state index is 11.7. The van der Waals surface area contributed by atoms with Crippen molar-refractivity contribution in [2.24, 2.45) is 0 Å². The molecule has 0 spiro atoms. The summed E-state index contributed by atoms with van der Waals surface area (Å²) in [6, 6.07) is 29.3. The lowest BCUT2D eigenvalue weighted by Crippen LogP contribution is -2.38. The molecule has 0 aliphatic carbocycles. The van der Waals surface area contributed by atoms with E-state index in [0.717, 1.165) is 17.5 Å². The van der Waals surface area contributed by atoms with Gasteiger partial charge in [-0.15, -0.1) is 0 Å². The highest BCUT2D eigenvalue weighted by molar-refractivity contribution is 5.77. The van der Waals surface area contributed by atoms with Crippen LogP contribution >= 0.6 is 0 Å². The summed E-state index contributed by atoms with van der Waals surface area (Å²) in [5.41, 5.74) is 10.5. The molecule has 202 valence electrons. The van der Waals surface area contributed by atoms with Crippen molar-refractivity contribution in [3.8, 4) is 28.8 Å². The van der Waals surface area contributed by atoms with Gasteiger partial charge in [0.15, 0.2) is 0 Å². The molecule has 40 heavy (non-hydrogen) atoms. The molecule has 0 radical (unpaired) electrons. The van der Waals surface area contributed by atoms with Gasteiger partial charge < -0.3 is 25.2 Å². The van der Waals surface area contributed by atoms with E-state index >= 15 is 0 Å². The Morgan fingerprint density at radius 2 is 1.57 bits per heavy atom. The molecule has 0 bridgehead atoms. The third kappa shape index (κ3) is 6.00. The molecule has 5 rings (SSSR count). The monoisotopic (exact) mass is 534 g/mol. The first kappa shape index (κ1) is 26.6. The number of hydrogen-bond acceptors (Lipinski definition) is 6. The van der Waals surface area contributed by atoms with E-state index in [0.29, 0.717) is 54.5 Å². The Balaban J connectivity index is 1.57. The zero-order valence-electron chi connectivity index (χ0n) is 22.0. The van der Waals surface area contributed by atoms with Gasteiger partial charge in [-0.05, 0) is 47.7 Å². The molecular formula is C32H30N4O4. The van der Waals surface area contributed by atoms with Gasteiger partial charge in [0.1, 0.15) is 36.6 Å². The number of likely N-dealkylation sites (tertiary alicyclic amines) is 1. The van der Waals surface area contributed by atoms with E-state index in [4.69, 9.17) is 15.2 Å². The van der Waals surface area contributed by atoms with E-state index < -0.39 is 6.09 Å². The van der Waals surface area contributed by atoms with Crippen molar-refractivity contribution < 1.29 is 19.4 Å². The van der Waals surface area contributed by atoms with Gasteiger partial charge in [-0.25, -0.2) is 9.78 Å². The summed E-state index contributed by atoms with van der Waals surface area (Å²) in [5.74, 6) is 1.03. The number of nitriles is 1. The van der Waals surface area contributed by atoms with Gasteiger partial charge in [0, 0.05) is 19.0 Å². The second-order valence-corrected chi connectivity index (χ2v) is 9.71. The quantitative estimate of drug-likeness (QED) is 0.275. The Kier molecular flexibility index (Phi) is 8.12. The lowest BCUT2D eigenvalue weighted by molar-refractivity contribution is 0.130. The lowest BCUT2D eigenvalue weighted by atomic mass is 9.87. The van der Waals surface area contributed by atoms with Gasteiger partial charge in [0.25, 0.3) is 0 Å². The zero-order valence-corrected chi connectivity index (χ0v) is 22.0. The second kappa shape index (κ2) is 12.2. The first-order valence-electron chi connectivity index (χ1n) is 13.2. The molecule has 1 aliphatic heterocycles. The number of carboxylic acid groups (broad SMARTS) is 1. The molecule has 3 N–H and O–H groups in total. The van der Waals surface area contributed by atoms with Crippen LogP contribution in [-0.2, 0) is 13.2 Å². The summed E-state index contributed by atoms with van der Waals surface area (Å²) < 4.78 is 12.6. The molecule has 0 saturated carbocycles. The van der Waals surface area contributed by atoms with Crippen molar-refractivity contribution in [1.82, 2.24) is 9.88 Å². The number of nitrogens with two attached hydrogens (primary N) is 1. The lowest BCUT2D eigenvalue weighted by Gasteiger charge is -2.31. The predicted molar refractivity (Wildman–Crippen MR) is 152 cm³/mol. The van der Waals surface area contributed by atoms with Crippen LogP contribution in [-0.4, -0.2) is 34.2 Å². The number of rotatable bonds is 8. The SMILES string of the molecule is N#Cc1c(C2CCCN(C(=O)O)C2)cc(-c2c(OCc3ccccc3)cccc2OCc2ccccc2)nc1N. The van der Waals surface area contributed by atoms with E-state index in [1.807, 2.05) is 84.9 Å². The Bertz CT molecular complexity index is 1460. The minimum absolute atomic E-state index is 0.0920. The maximum Gasteiger partial charge on any atom is 0.407 e. The number of amides is 1. The summed E-state index contributed by atoms with van der Waals surface area (Å²) in [6.07, 6.45) is 0.466. The number of ether oxygens (including phenoxy) is 2. The maximum atomic E-state index is 11.7. The van der Waals surface area contributed by atoms with Crippen LogP contribution in [0.3, 0.4) is 0 Å². The number of nitrogens with zero attached hydrogens (tertiary/aromatic N) is 3. The molecule has 1 atom stereocenters. The van der Waals surface area contributed by atoms with Crippen molar-refractivity contribution in [3.05, 3.63) is 107 Å². The number of hydrogen-bond donors (Lipinski definition) is 2. The number of piperidine rings is 1. The summed E-state index contributed by atoms with van der Waals surface area (Å²) in [7, 11) is 0. The normalized spacial score (nSPS) is 14.8. The van der Waals surface area contributed by atoms with Crippen LogP contribution in [0.1, 0.15) is 41.0 Å². The number of anilines is 1. The van der Waals surface area contributed by atoms with E-state index in [1.54, 1.807) is 0 Å². The molecule has 1 aromatic heterocycles. The van der Waals surface area contributed by atoms with Gasteiger partial charge in [-0.3, -0.25) is 0 Å². The smallest absolute Gasteiger partial charge is 0.407 e. The highest BCUT2D eigenvalue weighted by Gasteiger charge is 2.28. The Morgan fingerprint density at radius 1 is 0.975 bits per heavy atom. The molecule has 1 aliphatic rings. The minimum atomic E-state index is -0.971. The van der Waals surface area contributed by atoms with E-state index in [-0.39, 0.29) is 23.8 Å². The fourth-order valence-electron chi connectivity index (χ4n) is 5.04. The molecule has 1 amide bonds. The van der Waals surface area contributed by atoms with Crippen molar-refractivity contribution in [1.29, 1.82) is 5.26 Å². The second-order valence-electron chi connectivity index (χ2n) is 9.71. The van der Waals surface area contributed by atoms with Crippen LogP contribution in [0.15, 0.2) is 84.9 Å². The average Bonchev–Trinajstić information content (AvgIpc) is 2.99. The number of nitrogen functional groups attached to an aromatic ring is 1. The van der Waals surface area contributed by atoms with Crippen LogP contribution < -0.4 is 15.2 Å². The summed E-state index contributed by atoms with van der Waals surface area (Å²) in [5, 5.41) is 19.5. The van der Waals surface area contributed by atoms with Gasteiger partial charge in [0.05, 0.1) is 16.8 Å². The molecule has 2 heterocycles. The van der Waals surface area contributed by atoms with E-state index in [9.17, 15) is 15.2 Å².